The smallest absolute Gasteiger partial charge is 0.256 e. The number of aryl methyl sites for hydroxylation is 1. The van der Waals surface area contributed by atoms with Crippen molar-refractivity contribution in [3.63, 3.8) is 0 Å². The molecule has 2 aliphatic rings. The van der Waals surface area contributed by atoms with Crippen molar-refractivity contribution in [3.8, 4) is 11.5 Å². The highest BCUT2D eigenvalue weighted by Gasteiger charge is 2.36. The summed E-state index contributed by atoms with van der Waals surface area (Å²) >= 11 is 0. The van der Waals surface area contributed by atoms with Crippen LogP contribution in [-0.4, -0.2) is 23.5 Å². The summed E-state index contributed by atoms with van der Waals surface area (Å²) < 4.78 is 10.9. The van der Waals surface area contributed by atoms with E-state index in [2.05, 4.69) is 10.6 Å². The number of anilines is 2. The van der Waals surface area contributed by atoms with E-state index >= 15 is 0 Å². The summed E-state index contributed by atoms with van der Waals surface area (Å²) in [5, 5.41) is 6.41. The lowest BCUT2D eigenvalue weighted by molar-refractivity contribution is 0.0728. The fourth-order valence-corrected chi connectivity index (χ4v) is 4.64. The maximum atomic E-state index is 13.4. The number of ether oxygens (including phenoxy) is 2. The minimum Gasteiger partial charge on any atom is -0.454 e. The third-order valence-corrected chi connectivity index (χ3v) is 6.61. The van der Waals surface area contributed by atoms with Crippen LogP contribution in [0.5, 0.6) is 11.5 Å². The predicted octanol–water partition coefficient (Wildman–Crippen LogP) is 5.74. The van der Waals surface area contributed by atoms with Gasteiger partial charge in [0.05, 0.1) is 0 Å². The molecular formula is C30H25N3O4. The predicted molar refractivity (Wildman–Crippen MR) is 141 cm³/mol. The van der Waals surface area contributed by atoms with E-state index in [1.54, 1.807) is 17.0 Å². The summed E-state index contributed by atoms with van der Waals surface area (Å²) in [6, 6.07) is 28.3. The molecule has 7 heteroatoms. The number of amides is 2. The van der Waals surface area contributed by atoms with Gasteiger partial charge in [-0.25, -0.2) is 0 Å². The molecular weight excluding hydrogens is 466 g/mol. The van der Waals surface area contributed by atoms with Crippen LogP contribution in [-0.2, 0) is 6.54 Å². The first-order chi connectivity index (χ1) is 18.0. The summed E-state index contributed by atoms with van der Waals surface area (Å²) in [4.78, 5) is 27.9. The quantitative estimate of drug-likeness (QED) is 0.359. The molecule has 0 saturated carbocycles. The molecule has 37 heavy (non-hydrogen) atoms. The highest BCUT2D eigenvalue weighted by molar-refractivity contribution is 6.04. The Morgan fingerprint density at radius 1 is 0.892 bits per heavy atom. The third kappa shape index (κ3) is 4.47. The van der Waals surface area contributed by atoms with Gasteiger partial charge in [-0.1, -0.05) is 42.0 Å². The first-order valence-electron chi connectivity index (χ1n) is 12.1. The summed E-state index contributed by atoms with van der Waals surface area (Å²) in [6.07, 6.45) is -0.360. The summed E-state index contributed by atoms with van der Waals surface area (Å²) in [6.45, 7) is 2.61. The van der Waals surface area contributed by atoms with Gasteiger partial charge in [0.15, 0.2) is 11.5 Å². The monoisotopic (exact) mass is 491 g/mol. The van der Waals surface area contributed by atoms with Gasteiger partial charge in [0.1, 0.15) is 6.17 Å². The average molecular weight is 492 g/mol. The molecule has 2 amide bonds. The topological polar surface area (TPSA) is 79.9 Å². The van der Waals surface area contributed by atoms with Gasteiger partial charge in [-0.15, -0.1) is 0 Å². The van der Waals surface area contributed by atoms with Crippen molar-refractivity contribution in [1.82, 2.24) is 4.90 Å². The van der Waals surface area contributed by atoms with E-state index in [0.29, 0.717) is 29.2 Å². The zero-order valence-electron chi connectivity index (χ0n) is 20.2. The second-order valence-electron chi connectivity index (χ2n) is 9.15. The van der Waals surface area contributed by atoms with Crippen LogP contribution >= 0.6 is 0 Å². The molecule has 4 aromatic carbocycles. The van der Waals surface area contributed by atoms with Crippen molar-refractivity contribution in [2.45, 2.75) is 19.6 Å². The lowest BCUT2D eigenvalue weighted by Crippen LogP contribution is -2.31. The van der Waals surface area contributed by atoms with E-state index in [1.807, 2.05) is 85.8 Å². The van der Waals surface area contributed by atoms with Gasteiger partial charge in [-0.2, -0.15) is 0 Å². The number of fused-ring (bicyclic) bond motifs is 2. The van der Waals surface area contributed by atoms with Gasteiger partial charge in [0.2, 0.25) is 6.79 Å². The fraction of sp³-hybridized carbons (Fsp3) is 0.133. The highest BCUT2D eigenvalue weighted by atomic mass is 16.7. The largest absolute Gasteiger partial charge is 0.454 e. The molecule has 184 valence electrons. The van der Waals surface area contributed by atoms with Crippen LogP contribution in [0, 0.1) is 6.92 Å². The van der Waals surface area contributed by atoms with Gasteiger partial charge >= 0.3 is 0 Å². The molecule has 0 bridgehead atoms. The Kier molecular flexibility index (Phi) is 5.73. The molecule has 4 aromatic rings. The van der Waals surface area contributed by atoms with E-state index in [4.69, 9.17) is 9.47 Å². The lowest BCUT2D eigenvalue weighted by Gasteiger charge is -2.27. The van der Waals surface area contributed by atoms with Crippen molar-refractivity contribution in [1.29, 1.82) is 0 Å². The second-order valence-corrected chi connectivity index (χ2v) is 9.15. The second kappa shape index (κ2) is 9.35. The van der Waals surface area contributed by atoms with Gasteiger partial charge < -0.3 is 25.0 Å². The van der Waals surface area contributed by atoms with Crippen LogP contribution in [0.25, 0.3) is 0 Å². The van der Waals surface area contributed by atoms with Crippen LogP contribution < -0.4 is 20.1 Å². The van der Waals surface area contributed by atoms with Crippen LogP contribution in [0.15, 0.2) is 91.0 Å². The number of benzene rings is 4. The molecule has 0 spiro atoms. The average Bonchev–Trinajstić information content (AvgIpc) is 3.49. The Balaban J connectivity index is 1.21. The van der Waals surface area contributed by atoms with E-state index in [9.17, 15) is 9.59 Å². The molecule has 2 heterocycles. The first-order valence-corrected chi connectivity index (χ1v) is 12.1. The first kappa shape index (κ1) is 22.7. The number of carbonyl (C=O) groups excluding carboxylic acids is 2. The minimum atomic E-state index is -0.360. The third-order valence-electron chi connectivity index (χ3n) is 6.61. The van der Waals surface area contributed by atoms with Crippen LogP contribution in [0.2, 0.25) is 0 Å². The number of nitrogens with one attached hydrogen (secondary N) is 2. The molecule has 0 radical (unpaired) electrons. The molecule has 1 atom stereocenters. The summed E-state index contributed by atoms with van der Waals surface area (Å²) in [5.41, 5.74) is 5.76. The number of rotatable bonds is 6. The molecule has 0 aliphatic carbocycles. The van der Waals surface area contributed by atoms with Gasteiger partial charge in [-0.05, 0) is 67.1 Å². The van der Waals surface area contributed by atoms with E-state index in [0.717, 1.165) is 28.1 Å². The Morgan fingerprint density at radius 3 is 2.43 bits per heavy atom. The molecule has 6 rings (SSSR count). The molecule has 0 saturated heterocycles. The number of hydrogen-bond acceptors (Lipinski definition) is 5. The van der Waals surface area contributed by atoms with E-state index < -0.39 is 0 Å². The SMILES string of the molecule is Cc1ccc(NC(=O)c2ccc(NC3c4ccccc4C(=O)N3Cc3ccc4c(c3)OCO4)cc2)cc1. The maximum Gasteiger partial charge on any atom is 0.256 e. The van der Waals surface area contributed by atoms with E-state index in [1.165, 1.54) is 0 Å². The number of carbonyl (C=O) groups is 2. The van der Waals surface area contributed by atoms with Crippen molar-refractivity contribution < 1.29 is 19.1 Å². The van der Waals surface area contributed by atoms with Crippen molar-refractivity contribution in [2.24, 2.45) is 0 Å². The maximum absolute atomic E-state index is 13.4. The molecule has 2 N–H and O–H groups in total. The normalized spacial score (nSPS) is 15.4. The zero-order valence-corrected chi connectivity index (χ0v) is 20.2. The Bertz CT molecular complexity index is 1480. The summed E-state index contributed by atoms with van der Waals surface area (Å²) in [5.74, 6) is 1.17. The molecule has 2 aliphatic heterocycles. The fourth-order valence-electron chi connectivity index (χ4n) is 4.64. The number of nitrogens with zero attached hydrogens (tertiary/aromatic N) is 1. The number of hydrogen-bond donors (Lipinski definition) is 2. The van der Waals surface area contributed by atoms with Gasteiger partial charge in [0.25, 0.3) is 11.8 Å². The van der Waals surface area contributed by atoms with Crippen LogP contribution in [0.1, 0.15) is 43.6 Å². The molecule has 1 unspecified atom stereocenters. The zero-order chi connectivity index (χ0) is 25.4. The highest BCUT2D eigenvalue weighted by Crippen LogP contribution is 2.38. The van der Waals surface area contributed by atoms with Crippen LogP contribution in [0.3, 0.4) is 0 Å². The molecule has 0 fully saturated rings. The summed E-state index contributed by atoms with van der Waals surface area (Å²) in [7, 11) is 0. The Hall–Kier alpha value is -4.78. The standard InChI is InChI=1S/C30H25N3O4/c1-19-6-11-23(12-7-19)32-29(34)21-9-13-22(14-10-21)31-28-24-4-2-3-5-25(24)30(35)33(28)17-20-8-15-26-27(16-20)37-18-36-26/h2-16,28,31H,17-18H2,1H3,(H,32,34). The van der Waals surface area contributed by atoms with Crippen molar-refractivity contribution in [3.05, 3.63) is 119 Å². The van der Waals surface area contributed by atoms with Crippen molar-refractivity contribution >= 4 is 23.2 Å². The van der Waals surface area contributed by atoms with Gasteiger partial charge in [-0.3, -0.25) is 9.59 Å². The Morgan fingerprint density at radius 2 is 1.62 bits per heavy atom. The van der Waals surface area contributed by atoms with Crippen LogP contribution in [0.4, 0.5) is 11.4 Å². The lowest BCUT2D eigenvalue weighted by atomic mass is 10.1. The Labute approximate surface area is 214 Å². The van der Waals surface area contributed by atoms with Crippen molar-refractivity contribution in [2.75, 3.05) is 17.4 Å². The molecule has 0 aromatic heterocycles. The molecule has 7 nitrogen and oxygen atoms in total. The van der Waals surface area contributed by atoms with E-state index in [-0.39, 0.29) is 24.8 Å². The minimum absolute atomic E-state index is 0.0418. The van der Waals surface area contributed by atoms with Gasteiger partial charge in [0, 0.05) is 34.6 Å².